The summed E-state index contributed by atoms with van der Waals surface area (Å²) in [6, 6.07) is 18.7. The van der Waals surface area contributed by atoms with Crippen LogP contribution in [0.1, 0.15) is 22.3 Å². The Labute approximate surface area is 206 Å². The Balaban J connectivity index is 1.84. The number of rotatable bonds is 7. The number of methoxy groups -OCH3 is 1. The van der Waals surface area contributed by atoms with Crippen LogP contribution in [-0.2, 0) is 11.4 Å². The summed E-state index contributed by atoms with van der Waals surface area (Å²) < 4.78 is 12.1. The highest BCUT2D eigenvalue weighted by Crippen LogP contribution is 2.38. The van der Waals surface area contributed by atoms with Gasteiger partial charge in [0.15, 0.2) is 11.5 Å². The molecule has 3 aromatic rings. The van der Waals surface area contributed by atoms with Gasteiger partial charge in [-0.1, -0.05) is 47.5 Å². The number of nitriles is 1. The fourth-order valence-corrected chi connectivity index (χ4v) is 3.90. The minimum absolute atomic E-state index is 0.0586. The lowest BCUT2D eigenvalue weighted by Gasteiger charge is -2.14. The minimum atomic E-state index is -0.530. The van der Waals surface area contributed by atoms with Crippen molar-refractivity contribution in [1.82, 2.24) is 0 Å². The van der Waals surface area contributed by atoms with Crippen molar-refractivity contribution in [3.63, 3.8) is 0 Å². The van der Waals surface area contributed by atoms with E-state index in [1.807, 2.05) is 38.1 Å². The minimum Gasteiger partial charge on any atom is -0.493 e. The maximum absolute atomic E-state index is 12.7. The number of ether oxygens (including phenoxy) is 2. The number of amides is 1. The van der Waals surface area contributed by atoms with Gasteiger partial charge < -0.3 is 14.8 Å². The third-order valence-electron chi connectivity index (χ3n) is 4.84. The molecule has 0 unspecified atom stereocenters. The van der Waals surface area contributed by atoms with Gasteiger partial charge >= 0.3 is 0 Å². The van der Waals surface area contributed by atoms with Crippen molar-refractivity contribution in [3.05, 3.63) is 91.9 Å². The normalized spacial score (nSPS) is 11.0. The van der Waals surface area contributed by atoms with E-state index in [4.69, 9.17) is 21.1 Å². The second kappa shape index (κ2) is 11.0. The Morgan fingerprint density at radius 2 is 1.97 bits per heavy atom. The second-order valence-electron chi connectivity index (χ2n) is 7.40. The first kappa shape index (κ1) is 24.4. The molecule has 0 aromatic heterocycles. The Morgan fingerprint density at radius 1 is 1.18 bits per heavy atom. The van der Waals surface area contributed by atoms with Crippen LogP contribution in [0.4, 0.5) is 5.69 Å². The molecule has 0 saturated carbocycles. The standard InChI is InChI=1S/C26H22BrClN2O3/c1-16-5-4-6-18(9-16)15-33-25-22(27)11-19(12-24(25)32-3)10-20(14-29)26(31)30-23-13-21(28)8-7-17(23)2/h4-13H,15H2,1-3H3,(H,30,31)/b20-10+. The number of carbonyl (C=O) groups is 1. The second-order valence-corrected chi connectivity index (χ2v) is 8.69. The quantitative estimate of drug-likeness (QED) is 0.270. The molecule has 168 valence electrons. The highest BCUT2D eigenvalue weighted by Gasteiger charge is 2.15. The van der Waals surface area contributed by atoms with Gasteiger partial charge in [-0.2, -0.15) is 5.26 Å². The van der Waals surface area contributed by atoms with Gasteiger partial charge in [0, 0.05) is 10.7 Å². The molecule has 0 spiro atoms. The lowest BCUT2D eigenvalue weighted by molar-refractivity contribution is -0.112. The number of aryl methyl sites for hydroxylation is 2. The summed E-state index contributed by atoms with van der Waals surface area (Å²) in [6.07, 6.45) is 1.49. The molecule has 0 aliphatic rings. The average Bonchev–Trinajstić information content (AvgIpc) is 2.78. The molecular weight excluding hydrogens is 504 g/mol. The van der Waals surface area contributed by atoms with E-state index in [2.05, 4.69) is 27.3 Å². The van der Waals surface area contributed by atoms with Gasteiger partial charge in [0.2, 0.25) is 0 Å². The summed E-state index contributed by atoms with van der Waals surface area (Å²) in [7, 11) is 1.54. The molecule has 1 amide bonds. The lowest BCUT2D eigenvalue weighted by Crippen LogP contribution is -2.14. The fourth-order valence-electron chi connectivity index (χ4n) is 3.15. The lowest BCUT2D eigenvalue weighted by atomic mass is 10.1. The van der Waals surface area contributed by atoms with Crippen LogP contribution in [0.25, 0.3) is 6.08 Å². The van der Waals surface area contributed by atoms with Gasteiger partial charge in [-0.15, -0.1) is 0 Å². The number of hydrogen-bond donors (Lipinski definition) is 1. The van der Waals surface area contributed by atoms with Crippen LogP contribution in [-0.4, -0.2) is 13.0 Å². The third-order valence-corrected chi connectivity index (χ3v) is 5.67. The number of halogens is 2. The predicted molar refractivity (Wildman–Crippen MR) is 135 cm³/mol. The van der Waals surface area contributed by atoms with E-state index in [0.717, 1.165) is 16.7 Å². The average molecular weight is 526 g/mol. The van der Waals surface area contributed by atoms with E-state index in [9.17, 15) is 10.1 Å². The first-order valence-corrected chi connectivity index (χ1v) is 11.2. The molecule has 1 N–H and O–H groups in total. The first-order valence-electron chi connectivity index (χ1n) is 10.1. The monoisotopic (exact) mass is 524 g/mol. The summed E-state index contributed by atoms with van der Waals surface area (Å²) in [6.45, 7) is 4.24. The molecule has 3 aromatic carbocycles. The van der Waals surface area contributed by atoms with Crippen molar-refractivity contribution in [1.29, 1.82) is 5.26 Å². The number of hydrogen-bond acceptors (Lipinski definition) is 4. The molecule has 0 heterocycles. The van der Waals surface area contributed by atoms with Crippen LogP contribution < -0.4 is 14.8 Å². The number of benzene rings is 3. The van der Waals surface area contributed by atoms with Crippen molar-refractivity contribution in [3.8, 4) is 17.6 Å². The molecule has 0 aliphatic carbocycles. The van der Waals surface area contributed by atoms with Gasteiger partial charge in [-0.05, 0) is 76.8 Å². The van der Waals surface area contributed by atoms with Crippen molar-refractivity contribution >= 4 is 45.2 Å². The van der Waals surface area contributed by atoms with Gasteiger partial charge in [0.1, 0.15) is 18.2 Å². The van der Waals surface area contributed by atoms with Crippen molar-refractivity contribution in [2.24, 2.45) is 0 Å². The molecule has 0 fully saturated rings. The topological polar surface area (TPSA) is 71.3 Å². The number of nitrogens with one attached hydrogen (secondary N) is 1. The van der Waals surface area contributed by atoms with E-state index in [-0.39, 0.29) is 5.57 Å². The first-order chi connectivity index (χ1) is 15.8. The number of carbonyl (C=O) groups excluding carboxylic acids is 1. The van der Waals surface area contributed by atoms with Crippen LogP contribution in [0.15, 0.2) is 64.6 Å². The van der Waals surface area contributed by atoms with Crippen LogP contribution in [0.2, 0.25) is 5.02 Å². The van der Waals surface area contributed by atoms with Crippen molar-refractivity contribution in [2.75, 3.05) is 12.4 Å². The molecule has 7 heteroatoms. The van der Waals surface area contributed by atoms with E-state index < -0.39 is 5.91 Å². The molecular formula is C26H22BrClN2O3. The van der Waals surface area contributed by atoms with Crippen LogP contribution in [0, 0.1) is 25.2 Å². The largest absolute Gasteiger partial charge is 0.493 e. The fraction of sp³-hybridized carbons (Fsp3) is 0.154. The predicted octanol–water partition coefficient (Wildman–Crippen LogP) is 6.85. The zero-order valence-electron chi connectivity index (χ0n) is 18.4. The zero-order valence-corrected chi connectivity index (χ0v) is 20.8. The summed E-state index contributed by atoms with van der Waals surface area (Å²) in [5.41, 5.74) is 4.12. The smallest absolute Gasteiger partial charge is 0.266 e. The maximum atomic E-state index is 12.7. The van der Waals surface area contributed by atoms with Gasteiger partial charge in [0.05, 0.1) is 11.6 Å². The highest BCUT2D eigenvalue weighted by atomic mass is 79.9. The van der Waals surface area contributed by atoms with Gasteiger partial charge in [-0.25, -0.2) is 0 Å². The maximum Gasteiger partial charge on any atom is 0.266 e. The van der Waals surface area contributed by atoms with E-state index in [0.29, 0.717) is 38.9 Å². The van der Waals surface area contributed by atoms with Crippen LogP contribution in [0.3, 0.4) is 0 Å². The number of nitrogens with zero attached hydrogens (tertiary/aromatic N) is 1. The molecule has 0 saturated heterocycles. The summed E-state index contributed by atoms with van der Waals surface area (Å²) >= 11 is 9.53. The van der Waals surface area contributed by atoms with Gasteiger partial charge in [0.25, 0.3) is 5.91 Å². The zero-order chi connectivity index (χ0) is 24.0. The Hall–Kier alpha value is -3.27. The Morgan fingerprint density at radius 3 is 2.67 bits per heavy atom. The Bertz CT molecular complexity index is 1260. The Kier molecular flexibility index (Phi) is 8.16. The SMILES string of the molecule is COc1cc(/C=C(\C#N)C(=O)Nc2cc(Cl)ccc2C)cc(Br)c1OCc1cccc(C)c1. The molecule has 0 atom stereocenters. The van der Waals surface area contributed by atoms with Gasteiger partial charge in [-0.3, -0.25) is 4.79 Å². The molecule has 0 aliphatic heterocycles. The van der Waals surface area contributed by atoms with E-state index >= 15 is 0 Å². The van der Waals surface area contributed by atoms with Crippen molar-refractivity contribution in [2.45, 2.75) is 20.5 Å². The number of anilines is 1. The van der Waals surface area contributed by atoms with Crippen LogP contribution >= 0.6 is 27.5 Å². The summed E-state index contributed by atoms with van der Waals surface area (Å²) in [4.78, 5) is 12.7. The summed E-state index contributed by atoms with van der Waals surface area (Å²) in [5.74, 6) is 0.484. The third kappa shape index (κ3) is 6.38. The molecule has 33 heavy (non-hydrogen) atoms. The van der Waals surface area contributed by atoms with Crippen molar-refractivity contribution < 1.29 is 14.3 Å². The molecule has 0 bridgehead atoms. The molecule has 0 radical (unpaired) electrons. The highest BCUT2D eigenvalue weighted by molar-refractivity contribution is 9.10. The molecule has 5 nitrogen and oxygen atoms in total. The van der Waals surface area contributed by atoms with Crippen LogP contribution in [0.5, 0.6) is 11.5 Å². The van der Waals surface area contributed by atoms with E-state index in [1.54, 1.807) is 30.3 Å². The summed E-state index contributed by atoms with van der Waals surface area (Å²) in [5, 5.41) is 12.8. The van der Waals surface area contributed by atoms with E-state index in [1.165, 1.54) is 13.2 Å². The molecule has 3 rings (SSSR count).